The molecule has 0 amide bonds. The second-order valence-electron chi connectivity index (χ2n) is 5.79. The average molecular weight is 250 g/mol. The van der Waals surface area contributed by atoms with Crippen molar-refractivity contribution in [3.63, 3.8) is 0 Å². The molecular formula is C15H22O3. The Balaban J connectivity index is 2.46. The highest BCUT2D eigenvalue weighted by molar-refractivity contribution is 5.48. The highest BCUT2D eigenvalue weighted by Gasteiger charge is 2.29. The van der Waals surface area contributed by atoms with Gasteiger partial charge in [0.1, 0.15) is 0 Å². The first kappa shape index (κ1) is 13.2. The molecule has 1 aliphatic rings. The van der Waals surface area contributed by atoms with E-state index in [4.69, 9.17) is 9.47 Å². The lowest BCUT2D eigenvalue weighted by molar-refractivity contribution is 0.116. The van der Waals surface area contributed by atoms with Gasteiger partial charge in [0.05, 0.1) is 20.3 Å². The first-order valence-corrected chi connectivity index (χ1v) is 6.40. The summed E-state index contributed by atoms with van der Waals surface area (Å²) in [5.41, 5.74) is 2.32. The zero-order valence-electron chi connectivity index (χ0n) is 11.6. The number of fused-ring (bicyclic) bond motifs is 1. The van der Waals surface area contributed by atoms with Crippen LogP contribution in [0.15, 0.2) is 12.1 Å². The van der Waals surface area contributed by atoms with E-state index >= 15 is 0 Å². The number of hydrogen-bond donors (Lipinski definition) is 1. The second kappa shape index (κ2) is 4.81. The Morgan fingerprint density at radius 2 is 1.78 bits per heavy atom. The van der Waals surface area contributed by atoms with Crippen LogP contribution in [0.2, 0.25) is 0 Å². The molecule has 0 spiro atoms. The Kier molecular flexibility index (Phi) is 3.53. The van der Waals surface area contributed by atoms with E-state index in [9.17, 15) is 5.11 Å². The summed E-state index contributed by atoms with van der Waals surface area (Å²) in [6.45, 7) is 4.41. The largest absolute Gasteiger partial charge is 0.493 e. The lowest BCUT2D eigenvalue weighted by Crippen LogP contribution is -2.13. The van der Waals surface area contributed by atoms with Gasteiger partial charge in [-0.1, -0.05) is 13.8 Å². The summed E-state index contributed by atoms with van der Waals surface area (Å²) in [4.78, 5) is 0. The standard InChI is InChI=1S/C15H22O3/c1-15(2)6-5-10-7-13(17-3)14(18-4)8-11(10)12(16)9-15/h7-8,12,16H,5-6,9H2,1-4H3. The Hall–Kier alpha value is -1.22. The smallest absolute Gasteiger partial charge is 0.161 e. The summed E-state index contributed by atoms with van der Waals surface area (Å²) < 4.78 is 10.6. The number of aryl methyl sites for hydroxylation is 1. The summed E-state index contributed by atoms with van der Waals surface area (Å²) in [7, 11) is 3.26. The average Bonchev–Trinajstić information content (AvgIpc) is 2.44. The molecule has 2 rings (SSSR count). The third kappa shape index (κ3) is 2.46. The van der Waals surface area contributed by atoms with Gasteiger partial charge in [0, 0.05) is 0 Å². The van der Waals surface area contributed by atoms with Gasteiger partial charge in [-0.15, -0.1) is 0 Å². The number of ether oxygens (including phenoxy) is 2. The van der Waals surface area contributed by atoms with E-state index in [-0.39, 0.29) is 5.41 Å². The van der Waals surface area contributed by atoms with Crippen LogP contribution in [-0.4, -0.2) is 19.3 Å². The molecule has 0 radical (unpaired) electrons. The minimum absolute atomic E-state index is 0.166. The van der Waals surface area contributed by atoms with E-state index in [2.05, 4.69) is 13.8 Å². The van der Waals surface area contributed by atoms with Crippen LogP contribution in [-0.2, 0) is 6.42 Å². The predicted octanol–water partition coefficient (Wildman–Crippen LogP) is 3.10. The van der Waals surface area contributed by atoms with Crippen molar-refractivity contribution < 1.29 is 14.6 Å². The molecule has 1 N–H and O–H groups in total. The fourth-order valence-electron chi connectivity index (χ4n) is 2.67. The van der Waals surface area contributed by atoms with Crippen molar-refractivity contribution in [2.24, 2.45) is 5.41 Å². The fraction of sp³-hybridized carbons (Fsp3) is 0.600. The molecule has 1 aromatic carbocycles. The van der Waals surface area contributed by atoms with Crippen molar-refractivity contribution >= 4 is 0 Å². The number of methoxy groups -OCH3 is 2. The fourth-order valence-corrected chi connectivity index (χ4v) is 2.67. The van der Waals surface area contributed by atoms with Crippen LogP contribution in [0.4, 0.5) is 0 Å². The molecule has 0 saturated heterocycles. The van der Waals surface area contributed by atoms with Gasteiger partial charge in [-0.05, 0) is 47.9 Å². The van der Waals surface area contributed by atoms with E-state index in [1.54, 1.807) is 14.2 Å². The van der Waals surface area contributed by atoms with Crippen molar-refractivity contribution in [3.8, 4) is 11.5 Å². The molecule has 1 aliphatic carbocycles. The van der Waals surface area contributed by atoms with E-state index in [1.165, 1.54) is 5.56 Å². The Morgan fingerprint density at radius 1 is 1.17 bits per heavy atom. The van der Waals surface area contributed by atoms with Crippen molar-refractivity contribution in [2.75, 3.05) is 14.2 Å². The monoisotopic (exact) mass is 250 g/mol. The minimum atomic E-state index is -0.419. The van der Waals surface area contributed by atoms with Gasteiger partial charge in [-0.3, -0.25) is 0 Å². The van der Waals surface area contributed by atoms with Gasteiger partial charge in [0.25, 0.3) is 0 Å². The maximum Gasteiger partial charge on any atom is 0.161 e. The summed E-state index contributed by atoms with van der Waals surface area (Å²) in [6, 6.07) is 3.92. The Labute approximate surface area is 109 Å². The molecule has 0 saturated carbocycles. The summed E-state index contributed by atoms with van der Waals surface area (Å²) in [6.07, 6.45) is 2.42. The Morgan fingerprint density at radius 3 is 2.39 bits per heavy atom. The molecular weight excluding hydrogens is 228 g/mol. The van der Waals surface area contributed by atoms with Crippen molar-refractivity contribution in [1.82, 2.24) is 0 Å². The van der Waals surface area contributed by atoms with Crippen LogP contribution >= 0.6 is 0 Å². The molecule has 1 unspecified atom stereocenters. The van der Waals surface area contributed by atoms with Crippen molar-refractivity contribution in [1.29, 1.82) is 0 Å². The summed E-state index contributed by atoms with van der Waals surface area (Å²) in [5.74, 6) is 1.43. The molecule has 18 heavy (non-hydrogen) atoms. The number of benzene rings is 1. The molecule has 0 bridgehead atoms. The van der Waals surface area contributed by atoms with Crippen LogP contribution < -0.4 is 9.47 Å². The van der Waals surface area contributed by atoms with Gasteiger partial charge < -0.3 is 14.6 Å². The second-order valence-corrected chi connectivity index (χ2v) is 5.79. The van der Waals surface area contributed by atoms with Crippen LogP contribution in [0.5, 0.6) is 11.5 Å². The molecule has 0 aromatic heterocycles. The van der Waals surface area contributed by atoms with Crippen molar-refractivity contribution in [2.45, 2.75) is 39.2 Å². The van der Waals surface area contributed by atoms with Crippen LogP contribution in [0.25, 0.3) is 0 Å². The van der Waals surface area contributed by atoms with Gasteiger partial charge in [0.2, 0.25) is 0 Å². The predicted molar refractivity (Wildman–Crippen MR) is 71.2 cm³/mol. The molecule has 3 heteroatoms. The lowest BCUT2D eigenvalue weighted by atomic mass is 9.84. The van der Waals surface area contributed by atoms with Gasteiger partial charge in [0.15, 0.2) is 11.5 Å². The topological polar surface area (TPSA) is 38.7 Å². The number of hydrogen-bond acceptors (Lipinski definition) is 3. The normalized spacial score (nSPS) is 21.9. The number of aliphatic hydroxyl groups excluding tert-OH is 1. The molecule has 1 atom stereocenters. The van der Waals surface area contributed by atoms with Gasteiger partial charge >= 0.3 is 0 Å². The zero-order chi connectivity index (χ0) is 13.3. The van der Waals surface area contributed by atoms with E-state index in [1.807, 2.05) is 12.1 Å². The maximum absolute atomic E-state index is 10.4. The van der Waals surface area contributed by atoms with Crippen molar-refractivity contribution in [3.05, 3.63) is 23.3 Å². The van der Waals surface area contributed by atoms with Crippen LogP contribution in [0.1, 0.15) is 43.9 Å². The molecule has 0 fully saturated rings. The molecule has 100 valence electrons. The number of aliphatic hydroxyl groups is 1. The molecule has 3 nitrogen and oxygen atoms in total. The lowest BCUT2D eigenvalue weighted by Gasteiger charge is -2.24. The summed E-state index contributed by atoms with van der Waals surface area (Å²) in [5, 5.41) is 10.4. The molecule has 0 heterocycles. The first-order valence-electron chi connectivity index (χ1n) is 6.40. The van der Waals surface area contributed by atoms with E-state index in [0.717, 1.165) is 30.6 Å². The van der Waals surface area contributed by atoms with E-state index < -0.39 is 6.10 Å². The van der Waals surface area contributed by atoms with Crippen LogP contribution in [0.3, 0.4) is 0 Å². The van der Waals surface area contributed by atoms with Gasteiger partial charge in [-0.2, -0.15) is 0 Å². The van der Waals surface area contributed by atoms with E-state index in [0.29, 0.717) is 5.75 Å². The zero-order valence-corrected chi connectivity index (χ0v) is 11.6. The first-order chi connectivity index (χ1) is 8.46. The van der Waals surface area contributed by atoms with Crippen LogP contribution in [0, 0.1) is 5.41 Å². The summed E-state index contributed by atoms with van der Waals surface area (Å²) >= 11 is 0. The third-order valence-corrected chi connectivity index (χ3v) is 3.82. The molecule has 1 aromatic rings. The highest BCUT2D eigenvalue weighted by Crippen LogP contribution is 2.42. The highest BCUT2D eigenvalue weighted by atomic mass is 16.5. The number of rotatable bonds is 2. The molecule has 0 aliphatic heterocycles. The Bertz CT molecular complexity index is 438. The minimum Gasteiger partial charge on any atom is -0.493 e. The SMILES string of the molecule is COc1cc2c(cc1OC)C(O)CC(C)(C)CC2. The quantitative estimate of drug-likeness (QED) is 0.820. The van der Waals surface area contributed by atoms with Gasteiger partial charge in [-0.25, -0.2) is 0 Å². The maximum atomic E-state index is 10.4. The third-order valence-electron chi connectivity index (χ3n) is 3.82.